The molecule has 0 saturated heterocycles. The predicted octanol–water partition coefficient (Wildman–Crippen LogP) is 3.47. The summed E-state index contributed by atoms with van der Waals surface area (Å²) in [6.45, 7) is 7.49. The molecule has 2 aliphatic rings. The smallest absolute Gasteiger partial charge is 0.0766 e. The number of nitrogens with two attached hydrogens (primary N) is 1. The molecule has 2 heteroatoms. The highest BCUT2D eigenvalue weighted by molar-refractivity contribution is 5.09. The molecule has 0 spiro atoms. The van der Waals surface area contributed by atoms with Gasteiger partial charge in [0, 0.05) is 12.0 Å². The second-order valence-corrected chi connectivity index (χ2v) is 7.62. The van der Waals surface area contributed by atoms with Crippen LogP contribution in [0.15, 0.2) is 0 Å². The summed E-state index contributed by atoms with van der Waals surface area (Å²) < 4.78 is 0. The van der Waals surface area contributed by atoms with Crippen LogP contribution in [-0.2, 0) is 0 Å². The second-order valence-electron chi connectivity index (χ2n) is 7.62. The van der Waals surface area contributed by atoms with Gasteiger partial charge in [-0.2, -0.15) is 0 Å². The Labute approximate surface area is 112 Å². The molecule has 3 N–H and O–H groups in total. The van der Waals surface area contributed by atoms with Crippen LogP contribution >= 0.6 is 0 Å². The van der Waals surface area contributed by atoms with Crippen molar-refractivity contribution in [3.8, 4) is 0 Å². The van der Waals surface area contributed by atoms with Crippen LogP contribution in [0.1, 0.15) is 72.1 Å². The standard InChI is InChI=1S/C16H31NO/c1-13-6-10-15(12-17,11-7-13)16(18)9-5-4-8-14(16,2)3/h13,18H,4-12,17H2,1-3H3. The highest BCUT2D eigenvalue weighted by atomic mass is 16.3. The van der Waals surface area contributed by atoms with E-state index in [1.54, 1.807) is 0 Å². The Kier molecular flexibility index (Phi) is 3.81. The summed E-state index contributed by atoms with van der Waals surface area (Å²) in [4.78, 5) is 0. The number of hydrogen-bond donors (Lipinski definition) is 2. The van der Waals surface area contributed by atoms with Crippen LogP contribution in [0.5, 0.6) is 0 Å². The first-order chi connectivity index (χ1) is 8.37. The molecule has 106 valence electrons. The van der Waals surface area contributed by atoms with Crippen molar-refractivity contribution in [3.05, 3.63) is 0 Å². The highest BCUT2D eigenvalue weighted by Crippen LogP contribution is 2.58. The Morgan fingerprint density at radius 2 is 1.61 bits per heavy atom. The minimum atomic E-state index is -0.548. The monoisotopic (exact) mass is 253 g/mol. The molecule has 2 nitrogen and oxygen atoms in total. The van der Waals surface area contributed by atoms with Gasteiger partial charge in [-0.1, -0.05) is 46.5 Å². The van der Waals surface area contributed by atoms with Gasteiger partial charge in [-0.15, -0.1) is 0 Å². The number of hydrogen-bond acceptors (Lipinski definition) is 2. The molecule has 1 atom stereocenters. The average molecular weight is 253 g/mol. The zero-order valence-corrected chi connectivity index (χ0v) is 12.5. The van der Waals surface area contributed by atoms with Crippen molar-refractivity contribution in [3.63, 3.8) is 0 Å². The van der Waals surface area contributed by atoms with Crippen LogP contribution in [0.4, 0.5) is 0 Å². The molecular formula is C16H31NO. The minimum Gasteiger partial charge on any atom is -0.389 e. The van der Waals surface area contributed by atoms with Crippen molar-refractivity contribution in [1.82, 2.24) is 0 Å². The Balaban J connectivity index is 2.30. The zero-order chi connectivity index (χ0) is 13.4. The zero-order valence-electron chi connectivity index (χ0n) is 12.5. The van der Waals surface area contributed by atoms with Gasteiger partial charge in [0.15, 0.2) is 0 Å². The summed E-state index contributed by atoms with van der Waals surface area (Å²) in [5, 5.41) is 11.5. The maximum atomic E-state index is 11.5. The summed E-state index contributed by atoms with van der Waals surface area (Å²) >= 11 is 0. The highest BCUT2D eigenvalue weighted by Gasteiger charge is 2.58. The van der Waals surface area contributed by atoms with Gasteiger partial charge in [0.05, 0.1) is 5.60 Å². The largest absolute Gasteiger partial charge is 0.389 e. The molecule has 2 aliphatic carbocycles. The normalized spacial score (nSPS) is 44.8. The van der Waals surface area contributed by atoms with E-state index in [0.29, 0.717) is 6.54 Å². The lowest BCUT2D eigenvalue weighted by Crippen LogP contribution is -2.62. The first kappa shape index (κ1) is 14.3. The molecule has 2 saturated carbocycles. The predicted molar refractivity (Wildman–Crippen MR) is 76.3 cm³/mol. The van der Waals surface area contributed by atoms with Gasteiger partial charge < -0.3 is 10.8 Å². The van der Waals surface area contributed by atoms with Crippen LogP contribution in [0.2, 0.25) is 0 Å². The van der Waals surface area contributed by atoms with Crippen molar-refractivity contribution in [2.75, 3.05) is 6.54 Å². The van der Waals surface area contributed by atoms with E-state index in [-0.39, 0.29) is 10.8 Å². The SMILES string of the molecule is CC1CCC(CN)(C2(O)CCCCC2(C)C)CC1. The molecule has 1 unspecified atom stereocenters. The van der Waals surface area contributed by atoms with Crippen LogP contribution in [0.25, 0.3) is 0 Å². The first-order valence-corrected chi connectivity index (χ1v) is 7.79. The van der Waals surface area contributed by atoms with Crippen LogP contribution in [-0.4, -0.2) is 17.3 Å². The fourth-order valence-corrected chi connectivity index (χ4v) is 4.58. The van der Waals surface area contributed by atoms with E-state index in [1.165, 1.54) is 19.3 Å². The van der Waals surface area contributed by atoms with Crippen molar-refractivity contribution in [2.24, 2.45) is 22.5 Å². The molecular weight excluding hydrogens is 222 g/mol. The van der Waals surface area contributed by atoms with Gasteiger partial charge in [-0.3, -0.25) is 0 Å². The Bertz CT molecular complexity index is 291. The maximum absolute atomic E-state index is 11.5. The number of rotatable bonds is 2. The van der Waals surface area contributed by atoms with E-state index < -0.39 is 5.60 Å². The third-order valence-corrected chi connectivity index (χ3v) is 6.21. The molecule has 2 rings (SSSR count). The molecule has 18 heavy (non-hydrogen) atoms. The van der Waals surface area contributed by atoms with Gasteiger partial charge in [-0.25, -0.2) is 0 Å². The van der Waals surface area contributed by atoms with Crippen molar-refractivity contribution in [2.45, 2.75) is 77.7 Å². The van der Waals surface area contributed by atoms with Crippen molar-refractivity contribution in [1.29, 1.82) is 0 Å². The molecule has 0 aromatic rings. The average Bonchev–Trinajstić information content (AvgIpc) is 2.34. The maximum Gasteiger partial charge on any atom is 0.0766 e. The van der Waals surface area contributed by atoms with E-state index in [4.69, 9.17) is 5.73 Å². The Morgan fingerprint density at radius 3 is 2.11 bits per heavy atom. The van der Waals surface area contributed by atoms with Gasteiger partial charge in [0.1, 0.15) is 0 Å². The lowest BCUT2D eigenvalue weighted by atomic mass is 9.50. The van der Waals surface area contributed by atoms with Gasteiger partial charge in [0.25, 0.3) is 0 Å². The van der Waals surface area contributed by atoms with E-state index in [1.807, 2.05) is 0 Å². The molecule has 0 aromatic heterocycles. The fourth-order valence-electron chi connectivity index (χ4n) is 4.58. The summed E-state index contributed by atoms with van der Waals surface area (Å²) in [7, 11) is 0. The minimum absolute atomic E-state index is 0.0190. The van der Waals surface area contributed by atoms with E-state index in [9.17, 15) is 5.11 Å². The lowest BCUT2D eigenvalue weighted by molar-refractivity contribution is -0.194. The quantitative estimate of drug-likeness (QED) is 0.791. The van der Waals surface area contributed by atoms with Gasteiger partial charge in [-0.05, 0) is 37.0 Å². The first-order valence-electron chi connectivity index (χ1n) is 7.79. The van der Waals surface area contributed by atoms with Crippen molar-refractivity contribution >= 4 is 0 Å². The molecule has 0 aromatic carbocycles. The van der Waals surface area contributed by atoms with Crippen molar-refractivity contribution < 1.29 is 5.11 Å². The third kappa shape index (κ3) is 2.02. The summed E-state index contributed by atoms with van der Waals surface area (Å²) in [5.41, 5.74) is 5.61. The van der Waals surface area contributed by atoms with E-state index >= 15 is 0 Å². The molecule has 0 heterocycles. The van der Waals surface area contributed by atoms with Gasteiger partial charge >= 0.3 is 0 Å². The third-order valence-electron chi connectivity index (χ3n) is 6.21. The van der Waals surface area contributed by atoms with E-state index in [2.05, 4.69) is 20.8 Å². The summed E-state index contributed by atoms with van der Waals surface area (Å²) in [6.07, 6.45) is 9.20. The van der Waals surface area contributed by atoms with Crippen LogP contribution in [0.3, 0.4) is 0 Å². The Morgan fingerprint density at radius 1 is 1.06 bits per heavy atom. The fraction of sp³-hybridized carbons (Fsp3) is 1.00. The Hall–Kier alpha value is -0.0800. The summed E-state index contributed by atoms with van der Waals surface area (Å²) in [5.74, 6) is 0.806. The molecule has 0 aliphatic heterocycles. The molecule has 0 bridgehead atoms. The van der Waals surface area contributed by atoms with Crippen LogP contribution in [0, 0.1) is 16.7 Å². The van der Waals surface area contributed by atoms with E-state index in [0.717, 1.165) is 38.0 Å². The molecule has 0 amide bonds. The summed E-state index contributed by atoms with van der Waals surface area (Å²) in [6, 6.07) is 0. The second kappa shape index (κ2) is 4.79. The topological polar surface area (TPSA) is 46.2 Å². The molecule has 2 fully saturated rings. The number of aliphatic hydroxyl groups is 1. The lowest BCUT2D eigenvalue weighted by Gasteiger charge is -2.59. The van der Waals surface area contributed by atoms with Gasteiger partial charge in [0.2, 0.25) is 0 Å². The van der Waals surface area contributed by atoms with Crippen LogP contribution < -0.4 is 5.73 Å². The molecule has 0 radical (unpaired) electrons.